The molecular weight excluding hydrogens is 540 g/mol. The van der Waals surface area contributed by atoms with E-state index in [4.69, 9.17) is 9.47 Å². The van der Waals surface area contributed by atoms with Crippen LogP contribution in [-0.4, -0.2) is 35.1 Å². The van der Waals surface area contributed by atoms with Crippen LogP contribution in [-0.2, 0) is 14.3 Å². The van der Waals surface area contributed by atoms with Crippen LogP contribution in [0.25, 0.3) is 0 Å². The van der Waals surface area contributed by atoms with Crippen molar-refractivity contribution in [3.05, 3.63) is 106 Å². The van der Waals surface area contributed by atoms with Crippen molar-refractivity contribution < 1.29 is 33.6 Å². The summed E-state index contributed by atoms with van der Waals surface area (Å²) in [6, 6.07) is 17.9. The molecule has 210 valence electrons. The van der Waals surface area contributed by atoms with Crippen LogP contribution in [0.3, 0.4) is 0 Å². The number of nitro groups is 1. The van der Waals surface area contributed by atoms with Gasteiger partial charge in [0.25, 0.3) is 5.69 Å². The molecule has 4 aliphatic carbocycles. The normalized spacial score (nSPS) is 26.4. The fraction of sp³-hybridized carbons (Fsp3) is 0.250. The van der Waals surface area contributed by atoms with E-state index in [1.807, 2.05) is 0 Å². The number of rotatable bonds is 8. The second-order valence-electron chi connectivity index (χ2n) is 11.1. The lowest BCUT2D eigenvalue weighted by Crippen LogP contribution is -2.40. The molecule has 10 nitrogen and oxygen atoms in total. The Balaban J connectivity index is 0.978. The van der Waals surface area contributed by atoms with E-state index in [1.54, 1.807) is 24.3 Å². The lowest BCUT2D eigenvalue weighted by Gasteiger charge is -2.37. The molecule has 5 aliphatic rings. The van der Waals surface area contributed by atoms with Crippen LogP contribution >= 0.6 is 0 Å². The molecule has 6 atom stereocenters. The molecule has 42 heavy (non-hydrogen) atoms. The first-order valence-corrected chi connectivity index (χ1v) is 13.7. The van der Waals surface area contributed by atoms with Gasteiger partial charge in [-0.3, -0.25) is 24.5 Å². The zero-order chi connectivity index (χ0) is 29.1. The number of nitrogens with zero attached hydrogens (tertiary/aromatic N) is 2. The van der Waals surface area contributed by atoms with Gasteiger partial charge in [0.05, 0.1) is 28.0 Å². The molecule has 3 aromatic rings. The Bertz CT molecular complexity index is 1640. The fourth-order valence-corrected chi connectivity index (χ4v) is 6.76. The van der Waals surface area contributed by atoms with Gasteiger partial charge in [0.15, 0.2) is 12.4 Å². The predicted molar refractivity (Wildman–Crippen MR) is 148 cm³/mol. The minimum absolute atomic E-state index is 0.0549. The topological polar surface area (TPSA) is 133 Å². The van der Waals surface area contributed by atoms with Crippen molar-refractivity contribution in [1.82, 2.24) is 0 Å². The predicted octanol–water partition coefficient (Wildman–Crippen LogP) is 4.98. The zero-order valence-electron chi connectivity index (χ0n) is 22.1. The Morgan fingerprint density at radius 3 is 2.02 bits per heavy atom. The highest BCUT2D eigenvalue weighted by atomic mass is 16.6. The largest absolute Gasteiger partial charge is 0.457 e. The number of anilines is 1. The number of allylic oxidation sites excluding steroid dienone is 2. The number of benzene rings is 3. The summed E-state index contributed by atoms with van der Waals surface area (Å²) >= 11 is 0. The molecule has 1 saturated heterocycles. The number of nitro benzene ring substituents is 1. The summed E-state index contributed by atoms with van der Waals surface area (Å²) in [5.74, 6) is -0.264. The second-order valence-corrected chi connectivity index (χ2v) is 11.1. The summed E-state index contributed by atoms with van der Waals surface area (Å²) in [4.78, 5) is 63.8. The number of carbonyl (C=O) groups excluding carboxylic acids is 4. The number of non-ortho nitro benzene ring substituents is 1. The lowest BCUT2D eigenvalue weighted by molar-refractivity contribution is -0.384. The molecule has 2 saturated carbocycles. The van der Waals surface area contributed by atoms with Crippen molar-refractivity contribution in [2.75, 3.05) is 11.5 Å². The first-order valence-electron chi connectivity index (χ1n) is 13.7. The molecule has 0 unspecified atom stereocenters. The SMILES string of the molecule is O=C(COC(=O)c1cccc(N2C(=O)[C@H]3[C@@H]4C=C[C@@H]([C@H]5C[C@H]45)[C@@H]3C2=O)c1)c1ccc(Oc2ccc([N+](=O)[O-])cc2)cc1. The van der Waals surface area contributed by atoms with E-state index in [1.165, 1.54) is 53.4 Å². The molecule has 3 aromatic carbocycles. The molecule has 10 heteroatoms. The van der Waals surface area contributed by atoms with Gasteiger partial charge >= 0.3 is 5.97 Å². The highest BCUT2D eigenvalue weighted by molar-refractivity contribution is 6.23. The van der Waals surface area contributed by atoms with Gasteiger partial charge in [-0.25, -0.2) is 9.69 Å². The van der Waals surface area contributed by atoms with Gasteiger partial charge in [-0.15, -0.1) is 0 Å². The van der Waals surface area contributed by atoms with Gasteiger partial charge in [-0.05, 0) is 84.7 Å². The van der Waals surface area contributed by atoms with Gasteiger partial charge in [-0.2, -0.15) is 0 Å². The Labute approximate surface area is 239 Å². The maximum absolute atomic E-state index is 13.4. The summed E-state index contributed by atoms with van der Waals surface area (Å²) in [6.07, 6.45) is 5.30. The van der Waals surface area contributed by atoms with E-state index in [9.17, 15) is 29.3 Å². The molecule has 2 bridgehead atoms. The number of ether oxygens (including phenoxy) is 2. The van der Waals surface area contributed by atoms with Crippen molar-refractivity contribution in [2.24, 2.45) is 35.5 Å². The van der Waals surface area contributed by atoms with E-state index in [0.29, 0.717) is 34.6 Å². The summed E-state index contributed by atoms with van der Waals surface area (Å²) < 4.78 is 10.9. The molecule has 0 N–H and O–H groups in total. The average Bonchev–Trinajstić information content (AvgIpc) is 3.79. The van der Waals surface area contributed by atoms with Crippen molar-refractivity contribution >= 4 is 34.9 Å². The van der Waals surface area contributed by atoms with Gasteiger partial charge in [0, 0.05) is 17.7 Å². The first kappa shape index (κ1) is 25.8. The quantitative estimate of drug-likeness (QED) is 0.0934. The Morgan fingerprint density at radius 1 is 0.833 bits per heavy atom. The maximum Gasteiger partial charge on any atom is 0.338 e. The molecule has 8 rings (SSSR count). The molecule has 0 radical (unpaired) electrons. The summed E-state index contributed by atoms with van der Waals surface area (Å²) in [6.45, 7) is -0.505. The minimum Gasteiger partial charge on any atom is -0.457 e. The molecule has 1 heterocycles. The average molecular weight is 565 g/mol. The van der Waals surface area contributed by atoms with Crippen LogP contribution in [0.1, 0.15) is 27.1 Å². The van der Waals surface area contributed by atoms with Crippen LogP contribution < -0.4 is 9.64 Å². The van der Waals surface area contributed by atoms with E-state index in [-0.39, 0.29) is 46.7 Å². The van der Waals surface area contributed by atoms with Crippen molar-refractivity contribution in [3.63, 3.8) is 0 Å². The monoisotopic (exact) mass is 564 g/mol. The van der Waals surface area contributed by atoms with E-state index in [2.05, 4.69) is 12.2 Å². The van der Waals surface area contributed by atoms with Crippen LogP contribution in [0.2, 0.25) is 0 Å². The van der Waals surface area contributed by atoms with Crippen molar-refractivity contribution in [1.29, 1.82) is 0 Å². The number of carbonyl (C=O) groups is 4. The molecular formula is C32H24N2O8. The smallest absolute Gasteiger partial charge is 0.338 e. The Hall–Kier alpha value is -5.12. The van der Waals surface area contributed by atoms with E-state index in [0.717, 1.165) is 6.42 Å². The molecule has 1 aliphatic heterocycles. The molecule has 0 spiro atoms. The number of imide groups is 1. The Morgan fingerprint density at radius 2 is 1.43 bits per heavy atom. The Kier molecular flexibility index (Phi) is 6.00. The number of amides is 2. The number of Topliss-reactive ketones (excluding diaryl/α,β-unsaturated/α-hetero) is 1. The van der Waals surface area contributed by atoms with Crippen molar-refractivity contribution in [2.45, 2.75) is 6.42 Å². The van der Waals surface area contributed by atoms with Crippen LogP contribution in [0.4, 0.5) is 11.4 Å². The first-order chi connectivity index (χ1) is 20.3. The van der Waals surface area contributed by atoms with Crippen LogP contribution in [0.15, 0.2) is 84.9 Å². The summed E-state index contributed by atoms with van der Waals surface area (Å²) in [5, 5.41) is 10.8. The standard InChI is InChI=1S/C32H24N2O8/c35-27(17-4-8-21(9-5-17)42-22-10-6-19(7-11-22)34(39)40)16-41-32(38)18-2-1-3-20(14-18)33-30(36)28-23-12-13-24(26-15-25(23)26)29(28)31(33)37/h1-14,23-26,28-29H,15-16H2/t23-,24+,25-,26-,28+,29+/m1/s1. The van der Waals surface area contributed by atoms with E-state index >= 15 is 0 Å². The minimum atomic E-state index is -0.747. The molecule has 0 aromatic heterocycles. The summed E-state index contributed by atoms with van der Waals surface area (Å²) in [7, 11) is 0. The summed E-state index contributed by atoms with van der Waals surface area (Å²) in [5.41, 5.74) is 0.703. The highest BCUT2D eigenvalue weighted by Gasteiger charge is 2.67. The zero-order valence-corrected chi connectivity index (χ0v) is 22.1. The third kappa shape index (κ3) is 4.27. The maximum atomic E-state index is 13.4. The number of hydrogen-bond acceptors (Lipinski definition) is 8. The van der Waals surface area contributed by atoms with Gasteiger partial charge in [-0.1, -0.05) is 18.2 Å². The van der Waals surface area contributed by atoms with Crippen molar-refractivity contribution in [3.8, 4) is 11.5 Å². The number of esters is 1. The second kappa shape index (κ2) is 9.76. The number of hydrogen-bond donors (Lipinski definition) is 0. The third-order valence-corrected chi connectivity index (χ3v) is 8.80. The number of ketones is 1. The van der Waals surface area contributed by atoms with Gasteiger partial charge in [0.2, 0.25) is 11.8 Å². The van der Waals surface area contributed by atoms with Gasteiger partial charge < -0.3 is 9.47 Å². The highest BCUT2D eigenvalue weighted by Crippen LogP contribution is 2.65. The van der Waals surface area contributed by atoms with Crippen LogP contribution in [0, 0.1) is 45.6 Å². The van der Waals surface area contributed by atoms with Crippen LogP contribution in [0.5, 0.6) is 11.5 Å². The lowest BCUT2D eigenvalue weighted by atomic mass is 9.63. The van der Waals surface area contributed by atoms with Gasteiger partial charge in [0.1, 0.15) is 11.5 Å². The third-order valence-electron chi connectivity index (χ3n) is 8.80. The molecule has 3 fully saturated rings. The van der Waals surface area contributed by atoms with E-state index < -0.39 is 23.3 Å². The fourth-order valence-electron chi connectivity index (χ4n) is 6.76. The molecule has 2 amide bonds.